The summed E-state index contributed by atoms with van der Waals surface area (Å²) in [4.78, 5) is 0. The zero-order chi connectivity index (χ0) is 6.95. The van der Waals surface area contributed by atoms with Crippen LogP contribution in [0.4, 0.5) is 0 Å². The largest absolute Gasteiger partial charge is 0.313 e. The lowest BCUT2D eigenvalue weighted by Gasteiger charge is -1.97. The monoisotopic (exact) mass is 191 g/mol. The Bertz CT molecular complexity index is 63.9. The number of alkyl halides is 1. The molecule has 0 aromatic heterocycles. The molecule has 0 fully saturated rings. The molecule has 9 heavy (non-hydrogen) atoms. The zero-order valence-electron chi connectivity index (χ0n) is 5.70. The summed E-state index contributed by atoms with van der Waals surface area (Å²) in [5, 5.41) is 4.34. The lowest BCUT2D eigenvalue weighted by Crippen LogP contribution is -2.14. The highest BCUT2D eigenvalue weighted by Crippen LogP contribution is 1.90. The van der Waals surface area contributed by atoms with E-state index in [0.29, 0.717) is 0 Å². The molecule has 0 heterocycles. The average Bonchev–Trinajstić information content (AvgIpc) is 1.89. The van der Waals surface area contributed by atoms with Gasteiger partial charge in [-0.1, -0.05) is 22.0 Å². The Morgan fingerprint density at radius 3 is 2.78 bits per heavy atom. The van der Waals surface area contributed by atoms with E-state index in [-0.39, 0.29) is 0 Å². The first-order valence-electron chi connectivity index (χ1n) is 3.29. The van der Waals surface area contributed by atoms with Gasteiger partial charge in [-0.15, -0.1) is 6.58 Å². The van der Waals surface area contributed by atoms with Gasteiger partial charge < -0.3 is 5.32 Å². The van der Waals surface area contributed by atoms with Crippen LogP contribution in [0.3, 0.4) is 0 Å². The van der Waals surface area contributed by atoms with Crippen molar-refractivity contribution < 1.29 is 0 Å². The number of unbranched alkanes of at least 4 members (excludes halogenated alkanes) is 1. The first kappa shape index (κ1) is 9.18. The van der Waals surface area contributed by atoms with E-state index in [2.05, 4.69) is 27.8 Å². The smallest absolute Gasteiger partial charge is 0.0132 e. The van der Waals surface area contributed by atoms with Crippen molar-refractivity contribution in [3.63, 3.8) is 0 Å². The molecule has 0 unspecified atom stereocenters. The summed E-state index contributed by atoms with van der Waals surface area (Å²) in [5.74, 6) is 0. The molecule has 0 aliphatic rings. The molecule has 0 spiro atoms. The van der Waals surface area contributed by atoms with Crippen LogP contribution in [0.25, 0.3) is 0 Å². The third-order valence-electron chi connectivity index (χ3n) is 1.03. The second-order valence-corrected chi connectivity index (χ2v) is 2.68. The molecule has 1 N–H and O–H groups in total. The highest BCUT2D eigenvalue weighted by molar-refractivity contribution is 9.09. The first-order valence-corrected chi connectivity index (χ1v) is 4.41. The van der Waals surface area contributed by atoms with E-state index in [9.17, 15) is 0 Å². The quantitative estimate of drug-likeness (QED) is 0.385. The maximum atomic E-state index is 3.61. The highest BCUT2D eigenvalue weighted by Gasteiger charge is 1.83. The average molecular weight is 192 g/mol. The Balaban J connectivity index is 2.66. The van der Waals surface area contributed by atoms with Gasteiger partial charge in [0.05, 0.1) is 0 Å². The third-order valence-corrected chi connectivity index (χ3v) is 1.59. The van der Waals surface area contributed by atoms with Crippen molar-refractivity contribution in [2.24, 2.45) is 0 Å². The van der Waals surface area contributed by atoms with Crippen LogP contribution in [0.2, 0.25) is 0 Å². The molecule has 0 aromatic carbocycles. The van der Waals surface area contributed by atoms with E-state index in [4.69, 9.17) is 0 Å². The molecule has 2 heteroatoms. The van der Waals surface area contributed by atoms with Crippen LogP contribution in [-0.4, -0.2) is 18.4 Å². The van der Waals surface area contributed by atoms with E-state index in [0.717, 1.165) is 18.4 Å². The van der Waals surface area contributed by atoms with Crippen LogP contribution >= 0.6 is 15.9 Å². The van der Waals surface area contributed by atoms with Gasteiger partial charge in [0, 0.05) is 11.9 Å². The van der Waals surface area contributed by atoms with Gasteiger partial charge in [-0.25, -0.2) is 0 Å². The van der Waals surface area contributed by atoms with E-state index >= 15 is 0 Å². The van der Waals surface area contributed by atoms with E-state index in [1.54, 1.807) is 0 Å². The normalized spacial score (nSPS) is 9.44. The molecular formula is C7H14BrN. The van der Waals surface area contributed by atoms with Crippen LogP contribution in [-0.2, 0) is 0 Å². The lowest BCUT2D eigenvalue weighted by atomic mass is 10.3. The minimum absolute atomic E-state index is 0.933. The van der Waals surface area contributed by atoms with Crippen molar-refractivity contribution in [3.05, 3.63) is 12.7 Å². The van der Waals surface area contributed by atoms with Crippen molar-refractivity contribution >= 4 is 15.9 Å². The molecule has 0 aliphatic carbocycles. The van der Waals surface area contributed by atoms with Crippen LogP contribution in [0.5, 0.6) is 0 Å². The van der Waals surface area contributed by atoms with Gasteiger partial charge in [0.2, 0.25) is 0 Å². The fourth-order valence-electron chi connectivity index (χ4n) is 0.549. The summed E-state index contributed by atoms with van der Waals surface area (Å²) in [7, 11) is 0. The molecule has 54 valence electrons. The maximum absolute atomic E-state index is 3.61. The van der Waals surface area contributed by atoms with Crippen LogP contribution < -0.4 is 5.32 Å². The number of hydrogen-bond acceptors (Lipinski definition) is 1. The van der Waals surface area contributed by atoms with Gasteiger partial charge in [0.1, 0.15) is 0 Å². The van der Waals surface area contributed by atoms with Gasteiger partial charge in [-0.05, 0) is 19.4 Å². The minimum Gasteiger partial charge on any atom is -0.313 e. The summed E-state index contributed by atoms with van der Waals surface area (Å²) in [6, 6.07) is 0. The zero-order valence-corrected chi connectivity index (χ0v) is 7.28. The summed E-state index contributed by atoms with van der Waals surface area (Å²) in [6.07, 6.45) is 4.39. The van der Waals surface area contributed by atoms with Crippen molar-refractivity contribution in [1.82, 2.24) is 5.32 Å². The molecule has 0 bridgehead atoms. The molecule has 1 nitrogen and oxygen atoms in total. The summed E-state index contributed by atoms with van der Waals surface area (Å²) in [5.41, 5.74) is 0. The molecule has 0 saturated heterocycles. The van der Waals surface area contributed by atoms with Gasteiger partial charge in [-0.2, -0.15) is 0 Å². The van der Waals surface area contributed by atoms with Gasteiger partial charge >= 0.3 is 0 Å². The van der Waals surface area contributed by atoms with Crippen molar-refractivity contribution in [1.29, 1.82) is 0 Å². The predicted molar refractivity (Wildman–Crippen MR) is 46.1 cm³/mol. The molecule has 0 amide bonds. The fraction of sp³-hybridized carbons (Fsp3) is 0.714. The predicted octanol–water partition coefficient (Wildman–Crippen LogP) is 1.94. The lowest BCUT2D eigenvalue weighted by molar-refractivity contribution is 0.686. The fourth-order valence-corrected chi connectivity index (χ4v) is 0.945. The maximum Gasteiger partial charge on any atom is 0.0132 e. The molecular weight excluding hydrogens is 178 g/mol. The Kier molecular flexibility index (Phi) is 8.34. The van der Waals surface area contributed by atoms with Crippen LogP contribution in [0, 0.1) is 0 Å². The Morgan fingerprint density at radius 1 is 1.44 bits per heavy atom. The molecule has 0 radical (unpaired) electrons. The number of rotatable bonds is 6. The SMILES string of the molecule is C=CCNCCCCBr. The number of halogens is 1. The minimum atomic E-state index is 0.933. The summed E-state index contributed by atoms with van der Waals surface area (Å²) >= 11 is 3.37. The Labute approximate surface area is 65.7 Å². The number of hydrogen-bond donors (Lipinski definition) is 1. The van der Waals surface area contributed by atoms with Crippen molar-refractivity contribution in [3.8, 4) is 0 Å². The van der Waals surface area contributed by atoms with Gasteiger partial charge in [-0.3, -0.25) is 0 Å². The van der Waals surface area contributed by atoms with E-state index < -0.39 is 0 Å². The second-order valence-electron chi connectivity index (χ2n) is 1.89. The topological polar surface area (TPSA) is 12.0 Å². The summed E-state index contributed by atoms with van der Waals surface area (Å²) < 4.78 is 0. The van der Waals surface area contributed by atoms with Crippen molar-refractivity contribution in [2.75, 3.05) is 18.4 Å². The van der Waals surface area contributed by atoms with E-state index in [1.165, 1.54) is 12.8 Å². The molecule has 0 aliphatic heterocycles. The molecule has 0 aromatic rings. The van der Waals surface area contributed by atoms with Crippen molar-refractivity contribution in [2.45, 2.75) is 12.8 Å². The van der Waals surface area contributed by atoms with Gasteiger partial charge in [0.15, 0.2) is 0 Å². The molecule has 0 saturated carbocycles. The first-order chi connectivity index (χ1) is 4.41. The van der Waals surface area contributed by atoms with Gasteiger partial charge in [0.25, 0.3) is 0 Å². The third kappa shape index (κ3) is 8.18. The molecule has 0 rings (SSSR count). The van der Waals surface area contributed by atoms with Crippen LogP contribution in [0.1, 0.15) is 12.8 Å². The second kappa shape index (κ2) is 8.18. The van der Waals surface area contributed by atoms with E-state index in [1.807, 2.05) is 6.08 Å². The Hall–Kier alpha value is 0.180. The summed E-state index contributed by atoms with van der Waals surface area (Å²) in [6.45, 7) is 5.65. The number of nitrogens with one attached hydrogen (secondary N) is 1. The highest BCUT2D eigenvalue weighted by atomic mass is 79.9. The van der Waals surface area contributed by atoms with Crippen LogP contribution in [0.15, 0.2) is 12.7 Å². The molecule has 0 atom stereocenters. The standard InChI is InChI=1S/C7H14BrN/c1-2-6-9-7-4-3-5-8/h2,9H,1,3-7H2. The Morgan fingerprint density at radius 2 is 2.22 bits per heavy atom.